The van der Waals surface area contributed by atoms with E-state index in [0.717, 1.165) is 4.47 Å². The molecule has 1 aromatic carbocycles. The van der Waals surface area contributed by atoms with Crippen molar-refractivity contribution in [3.8, 4) is 0 Å². The van der Waals surface area contributed by atoms with Crippen LogP contribution in [0.2, 0.25) is 0 Å². The molecule has 1 nitrogen and oxygen atoms in total. The monoisotopic (exact) mass is 363 g/mol. The molecule has 0 radical (unpaired) electrons. The fourth-order valence-electron chi connectivity index (χ4n) is 1.96. The maximum Gasteiger partial charge on any atom is 0.0305 e. The van der Waals surface area contributed by atoms with Gasteiger partial charge < -0.3 is 5.32 Å². The molecule has 0 amide bonds. The van der Waals surface area contributed by atoms with Crippen LogP contribution in [0.5, 0.6) is 0 Å². The van der Waals surface area contributed by atoms with Crippen molar-refractivity contribution in [2.45, 2.75) is 25.4 Å². The van der Waals surface area contributed by atoms with Crippen LogP contribution in [0.3, 0.4) is 0 Å². The van der Waals surface area contributed by atoms with Crippen molar-refractivity contribution in [1.29, 1.82) is 0 Å². The van der Waals surface area contributed by atoms with Crippen molar-refractivity contribution < 1.29 is 0 Å². The molecule has 1 fully saturated rings. The fraction of sp³-hybridized carbons (Fsp3) is 0.500. The molecule has 0 aliphatic carbocycles. The van der Waals surface area contributed by atoms with Crippen LogP contribution in [-0.2, 0) is 0 Å². The zero-order valence-electron chi connectivity index (χ0n) is 9.17. The lowest BCUT2D eigenvalue weighted by Gasteiger charge is -2.20. The molecule has 1 aliphatic rings. The molecule has 2 unspecified atom stereocenters. The molecule has 88 valence electrons. The molecule has 0 bridgehead atoms. The molecule has 1 heterocycles. The van der Waals surface area contributed by atoms with Crippen LogP contribution >= 0.6 is 43.6 Å². The van der Waals surface area contributed by atoms with Crippen molar-refractivity contribution in [3.63, 3.8) is 0 Å². The Morgan fingerprint density at radius 1 is 1.44 bits per heavy atom. The van der Waals surface area contributed by atoms with Gasteiger partial charge in [-0.25, -0.2) is 0 Å². The quantitative estimate of drug-likeness (QED) is 0.854. The van der Waals surface area contributed by atoms with Gasteiger partial charge in [0.1, 0.15) is 0 Å². The van der Waals surface area contributed by atoms with E-state index in [-0.39, 0.29) is 0 Å². The zero-order chi connectivity index (χ0) is 11.5. The van der Waals surface area contributed by atoms with Crippen LogP contribution in [0.4, 0.5) is 0 Å². The summed E-state index contributed by atoms with van der Waals surface area (Å²) in [6, 6.07) is 7.47. The van der Waals surface area contributed by atoms with E-state index in [1.54, 1.807) is 0 Å². The summed E-state index contributed by atoms with van der Waals surface area (Å²) in [6.07, 6.45) is 1.29. The van der Waals surface area contributed by atoms with Crippen LogP contribution < -0.4 is 5.32 Å². The van der Waals surface area contributed by atoms with Crippen LogP contribution in [0.15, 0.2) is 27.1 Å². The van der Waals surface area contributed by atoms with E-state index >= 15 is 0 Å². The highest BCUT2D eigenvalue weighted by Crippen LogP contribution is 2.28. The molecule has 1 aliphatic heterocycles. The Kier molecular flexibility index (Phi) is 4.76. The molecule has 4 heteroatoms. The van der Waals surface area contributed by atoms with Gasteiger partial charge in [0, 0.05) is 26.8 Å². The number of halogens is 2. The van der Waals surface area contributed by atoms with E-state index in [1.807, 2.05) is 11.8 Å². The zero-order valence-corrected chi connectivity index (χ0v) is 13.2. The number of benzene rings is 1. The van der Waals surface area contributed by atoms with Gasteiger partial charge in [-0.1, -0.05) is 37.9 Å². The van der Waals surface area contributed by atoms with Gasteiger partial charge in [0.05, 0.1) is 0 Å². The Labute approximate surface area is 118 Å². The van der Waals surface area contributed by atoms with Crippen molar-refractivity contribution in [2.24, 2.45) is 0 Å². The Hall–Kier alpha value is 0.490. The van der Waals surface area contributed by atoms with E-state index in [4.69, 9.17) is 0 Å². The number of hydrogen-bond acceptors (Lipinski definition) is 2. The highest BCUT2D eigenvalue weighted by Gasteiger charge is 2.19. The summed E-state index contributed by atoms with van der Waals surface area (Å²) in [7, 11) is 0. The van der Waals surface area contributed by atoms with Gasteiger partial charge >= 0.3 is 0 Å². The summed E-state index contributed by atoms with van der Waals surface area (Å²) in [6.45, 7) is 2.23. The Balaban J connectivity index is 2.04. The molecule has 0 saturated carbocycles. The van der Waals surface area contributed by atoms with Crippen molar-refractivity contribution in [2.75, 3.05) is 11.5 Å². The second-order valence-electron chi connectivity index (χ2n) is 4.11. The summed E-state index contributed by atoms with van der Waals surface area (Å²) < 4.78 is 2.29. The molecule has 2 rings (SSSR count). The molecular weight excluding hydrogens is 350 g/mol. The van der Waals surface area contributed by atoms with Gasteiger partial charge in [0.15, 0.2) is 0 Å². The minimum absolute atomic E-state index is 0.408. The standard InChI is InChI=1S/C12H15Br2NS/c1-8(15-10-4-5-16-7-10)11-3-2-9(13)6-12(11)14/h2-3,6,8,10,15H,4-5,7H2,1H3. The molecule has 1 N–H and O–H groups in total. The normalized spacial score (nSPS) is 22.3. The number of thioether (sulfide) groups is 1. The van der Waals surface area contributed by atoms with Crippen molar-refractivity contribution >= 4 is 43.6 Å². The highest BCUT2D eigenvalue weighted by molar-refractivity contribution is 9.11. The lowest BCUT2D eigenvalue weighted by molar-refractivity contribution is 0.485. The van der Waals surface area contributed by atoms with Crippen LogP contribution in [0, 0.1) is 0 Å². The molecule has 2 atom stereocenters. The van der Waals surface area contributed by atoms with Gasteiger partial charge in [-0.2, -0.15) is 11.8 Å². The van der Waals surface area contributed by atoms with E-state index in [1.165, 1.54) is 28.0 Å². The van der Waals surface area contributed by atoms with Crippen molar-refractivity contribution in [1.82, 2.24) is 5.32 Å². The third-order valence-electron chi connectivity index (χ3n) is 2.84. The summed E-state index contributed by atoms with van der Waals surface area (Å²) >= 11 is 9.15. The van der Waals surface area contributed by atoms with E-state index in [2.05, 4.69) is 62.3 Å². The average molecular weight is 365 g/mol. The first-order valence-electron chi connectivity index (χ1n) is 5.45. The lowest BCUT2D eigenvalue weighted by Crippen LogP contribution is -2.31. The third kappa shape index (κ3) is 3.25. The first-order chi connectivity index (χ1) is 7.66. The van der Waals surface area contributed by atoms with Crippen LogP contribution in [0.25, 0.3) is 0 Å². The molecule has 16 heavy (non-hydrogen) atoms. The molecule has 1 aromatic rings. The van der Waals surface area contributed by atoms with Gasteiger partial charge in [-0.05, 0) is 36.8 Å². The van der Waals surface area contributed by atoms with E-state index in [0.29, 0.717) is 12.1 Å². The first kappa shape index (κ1) is 12.9. The molecular formula is C12H15Br2NS. The number of nitrogens with one attached hydrogen (secondary N) is 1. The Morgan fingerprint density at radius 2 is 2.25 bits per heavy atom. The van der Waals surface area contributed by atoms with Gasteiger partial charge in [-0.3, -0.25) is 0 Å². The molecule has 0 aromatic heterocycles. The molecule has 0 spiro atoms. The number of rotatable bonds is 3. The second kappa shape index (κ2) is 5.89. The largest absolute Gasteiger partial charge is 0.307 e. The minimum Gasteiger partial charge on any atom is -0.307 e. The number of hydrogen-bond donors (Lipinski definition) is 1. The Morgan fingerprint density at radius 3 is 2.88 bits per heavy atom. The van der Waals surface area contributed by atoms with Crippen LogP contribution in [0.1, 0.15) is 24.9 Å². The first-order valence-corrected chi connectivity index (χ1v) is 8.19. The summed E-state index contributed by atoms with van der Waals surface area (Å²) in [5, 5.41) is 3.69. The predicted octanol–water partition coefficient (Wildman–Crippen LogP) is 4.37. The van der Waals surface area contributed by atoms with E-state index in [9.17, 15) is 0 Å². The minimum atomic E-state index is 0.408. The average Bonchev–Trinajstić information content (AvgIpc) is 2.70. The van der Waals surface area contributed by atoms with E-state index < -0.39 is 0 Å². The maximum absolute atomic E-state index is 3.69. The summed E-state index contributed by atoms with van der Waals surface area (Å²) in [5.41, 5.74) is 1.33. The second-order valence-corrected chi connectivity index (χ2v) is 7.03. The maximum atomic E-state index is 3.69. The van der Waals surface area contributed by atoms with Crippen molar-refractivity contribution in [3.05, 3.63) is 32.7 Å². The van der Waals surface area contributed by atoms with Gasteiger partial charge in [0.25, 0.3) is 0 Å². The summed E-state index contributed by atoms with van der Waals surface area (Å²) in [4.78, 5) is 0. The van der Waals surface area contributed by atoms with Gasteiger partial charge in [0.2, 0.25) is 0 Å². The SMILES string of the molecule is CC(NC1CCSC1)c1ccc(Br)cc1Br. The Bertz CT molecular complexity index is 364. The van der Waals surface area contributed by atoms with Gasteiger partial charge in [-0.15, -0.1) is 0 Å². The fourth-order valence-corrected chi connectivity index (χ4v) is 4.52. The predicted molar refractivity (Wildman–Crippen MR) is 79.1 cm³/mol. The smallest absolute Gasteiger partial charge is 0.0305 e. The topological polar surface area (TPSA) is 12.0 Å². The third-order valence-corrected chi connectivity index (χ3v) is 5.19. The summed E-state index contributed by atoms with van der Waals surface area (Å²) in [5.74, 6) is 2.55. The van der Waals surface area contributed by atoms with Crippen LogP contribution in [-0.4, -0.2) is 17.5 Å². The highest BCUT2D eigenvalue weighted by atomic mass is 79.9. The lowest BCUT2D eigenvalue weighted by atomic mass is 10.1. The molecule has 1 saturated heterocycles.